The molecule has 0 atom stereocenters. The van der Waals surface area contributed by atoms with E-state index in [1.807, 2.05) is 11.6 Å². The van der Waals surface area contributed by atoms with Crippen molar-refractivity contribution < 1.29 is 13.5 Å². The van der Waals surface area contributed by atoms with Crippen LogP contribution < -0.4 is 0 Å². The third kappa shape index (κ3) is 2.04. The molecule has 0 bridgehead atoms. The summed E-state index contributed by atoms with van der Waals surface area (Å²) >= 11 is 0. The molecule has 5 heteroatoms. The van der Waals surface area contributed by atoms with E-state index in [4.69, 9.17) is 0 Å². The van der Waals surface area contributed by atoms with Crippen molar-refractivity contribution in [2.75, 3.05) is 6.26 Å². The van der Waals surface area contributed by atoms with Crippen molar-refractivity contribution in [3.63, 3.8) is 0 Å². The highest BCUT2D eigenvalue weighted by atomic mass is 32.2. The van der Waals surface area contributed by atoms with Crippen molar-refractivity contribution in [1.29, 1.82) is 0 Å². The van der Waals surface area contributed by atoms with Crippen LogP contribution in [0.25, 0.3) is 10.9 Å². The second-order valence-electron chi connectivity index (χ2n) is 4.04. The first-order valence-corrected chi connectivity index (χ1v) is 6.87. The fraction of sp³-hybridized carbons (Fsp3) is 0.273. The van der Waals surface area contributed by atoms with Gasteiger partial charge < -0.3 is 9.67 Å². The van der Waals surface area contributed by atoms with Crippen LogP contribution in [-0.4, -0.2) is 24.3 Å². The van der Waals surface area contributed by atoms with Crippen LogP contribution in [0.4, 0.5) is 0 Å². The molecule has 1 N–H and O–H groups in total. The molecule has 0 saturated heterocycles. The topological polar surface area (TPSA) is 59.3 Å². The summed E-state index contributed by atoms with van der Waals surface area (Å²) in [5, 5.41) is 10.2. The summed E-state index contributed by atoms with van der Waals surface area (Å²) in [6, 6.07) is 4.96. The summed E-state index contributed by atoms with van der Waals surface area (Å²) in [5.74, 6) is 0.141. The van der Waals surface area contributed by atoms with E-state index in [-0.39, 0.29) is 11.5 Å². The van der Waals surface area contributed by atoms with Gasteiger partial charge >= 0.3 is 0 Å². The van der Waals surface area contributed by atoms with Crippen molar-refractivity contribution in [3.8, 4) is 5.75 Å². The molecule has 0 spiro atoms. The number of rotatable bonds is 2. The third-order valence-corrected chi connectivity index (χ3v) is 3.31. The lowest BCUT2D eigenvalue weighted by molar-refractivity contribution is 0.476. The van der Waals surface area contributed by atoms with Gasteiger partial charge in [-0.05, 0) is 23.8 Å². The summed E-state index contributed by atoms with van der Waals surface area (Å²) in [6.07, 6.45) is 2.99. The number of benzene rings is 1. The fourth-order valence-electron chi connectivity index (χ4n) is 1.86. The molecule has 4 nitrogen and oxygen atoms in total. The minimum Gasteiger partial charge on any atom is -0.508 e. The van der Waals surface area contributed by atoms with Crippen LogP contribution in [0.1, 0.15) is 5.56 Å². The molecule has 0 amide bonds. The quantitative estimate of drug-likeness (QED) is 0.862. The van der Waals surface area contributed by atoms with Gasteiger partial charge in [-0.25, -0.2) is 8.42 Å². The van der Waals surface area contributed by atoms with Gasteiger partial charge in [-0.3, -0.25) is 0 Å². The SMILES string of the molecule is Cn1cc(CS(C)(=O)=O)c2cc(O)ccc21. The maximum absolute atomic E-state index is 11.3. The van der Waals surface area contributed by atoms with Gasteiger partial charge in [-0.15, -0.1) is 0 Å². The Balaban J connectivity index is 2.66. The van der Waals surface area contributed by atoms with Gasteiger partial charge in [0, 0.05) is 30.4 Å². The zero-order valence-corrected chi connectivity index (χ0v) is 9.95. The largest absolute Gasteiger partial charge is 0.508 e. The number of phenols is 1. The van der Waals surface area contributed by atoms with Gasteiger partial charge in [-0.2, -0.15) is 0 Å². The number of fused-ring (bicyclic) bond motifs is 1. The fourth-order valence-corrected chi connectivity index (χ4v) is 2.65. The first-order chi connectivity index (χ1) is 7.37. The van der Waals surface area contributed by atoms with E-state index in [1.165, 1.54) is 6.26 Å². The Morgan fingerprint density at radius 3 is 2.69 bits per heavy atom. The number of aromatic hydroxyl groups is 1. The van der Waals surface area contributed by atoms with Crippen LogP contribution in [0.15, 0.2) is 24.4 Å². The molecule has 86 valence electrons. The number of aryl methyl sites for hydroxylation is 1. The highest BCUT2D eigenvalue weighted by molar-refractivity contribution is 7.89. The van der Waals surface area contributed by atoms with Gasteiger partial charge in [0.25, 0.3) is 0 Å². The van der Waals surface area contributed by atoms with Gasteiger partial charge in [-0.1, -0.05) is 0 Å². The van der Waals surface area contributed by atoms with Crippen LogP contribution in [-0.2, 0) is 22.6 Å². The number of hydrogen-bond acceptors (Lipinski definition) is 3. The van der Waals surface area contributed by atoms with Gasteiger partial charge in [0.1, 0.15) is 5.75 Å². The van der Waals surface area contributed by atoms with Crippen LogP contribution in [0.5, 0.6) is 5.75 Å². The molecule has 0 fully saturated rings. The Kier molecular flexibility index (Phi) is 2.42. The minimum atomic E-state index is -3.06. The Labute approximate surface area is 94.0 Å². The highest BCUT2D eigenvalue weighted by Crippen LogP contribution is 2.25. The van der Waals surface area contributed by atoms with Crippen LogP contribution in [0.2, 0.25) is 0 Å². The molecule has 0 saturated carbocycles. The zero-order valence-electron chi connectivity index (χ0n) is 9.14. The normalized spacial score (nSPS) is 12.1. The summed E-state index contributed by atoms with van der Waals surface area (Å²) < 4.78 is 24.4. The molecule has 1 aromatic heterocycles. The number of hydrogen-bond donors (Lipinski definition) is 1. The Morgan fingerprint density at radius 1 is 1.38 bits per heavy atom. The Bertz CT molecular complexity index is 641. The van der Waals surface area contributed by atoms with E-state index in [9.17, 15) is 13.5 Å². The van der Waals surface area contributed by atoms with E-state index in [1.54, 1.807) is 24.4 Å². The Hall–Kier alpha value is -1.49. The second-order valence-corrected chi connectivity index (χ2v) is 6.18. The van der Waals surface area contributed by atoms with E-state index >= 15 is 0 Å². The molecule has 0 aliphatic rings. The first kappa shape index (κ1) is 11.0. The van der Waals surface area contributed by atoms with Gasteiger partial charge in [0.05, 0.1) is 5.75 Å². The zero-order chi connectivity index (χ0) is 11.9. The third-order valence-electron chi connectivity index (χ3n) is 2.47. The van der Waals surface area contributed by atoms with Gasteiger partial charge in [0.15, 0.2) is 9.84 Å². The monoisotopic (exact) mass is 239 g/mol. The lowest BCUT2D eigenvalue weighted by Crippen LogP contribution is -1.99. The lowest BCUT2D eigenvalue weighted by Gasteiger charge is -1.98. The molecule has 16 heavy (non-hydrogen) atoms. The maximum atomic E-state index is 11.3. The predicted octanol–water partition coefficient (Wildman–Crippen LogP) is 1.43. The maximum Gasteiger partial charge on any atom is 0.151 e. The molecular formula is C11H13NO3S. The summed E-state index contributed by atoms with van der Waals surface area (Å²) in [7, 11) is -1.21. The molecule has 0 unspecified atom stereocenters. The van der Waals surface area contributed by atoms with Crippen molar-refractivity contribution >= 4 is 20.7 Å². The molecule has 1 aromatic carbocycles. The highest BCUT2D eigenvalue weighted by Gasteiger charge is 2.12. The van der Waals surface area contributed by atoms with Crippen LogP contribution >= 0.6 is 0 Å². The van der Waals surface area contributed by atoms with Crippen molar-refractivity contribution in [2.45, 2.75) is 5.75 Å². The predicted molar refractivity (Wildman–Crippen MR) is 63.1 cm³/mol. The number of aromatic nitrogens is 1. The van der Waals surface area contributed by atoms with E-state index in [2.05, 4.69) is 0 Å². The van der Waals surface area contributed by atoms with Crippen molar-refractivity contribution in [1.82, 2.24) is 4.57 Å². The minimum absolute atomic E-state index is 0.00616. The standard InChI is InChI=1S/C11H13NO3S/c1-12-6-8(7-16(2,14)15)10-5-9(13)3-4-11(10)12/h3-6,13H,7H2,1-2H3. The number of phenolic OH excluding ortho intramolecular Hbond substituents is 1. The van der Waals surface area contributed by atoms with E-state index < -0.39 is 9.84 Å². The molecule has 2 aromatic rings. The van der Waals surface area contributed by atoms with E-state index in [0.717, 1.165) is 16.5 Å². The van der Waals surface area contributed by atoms with Crippen molar-refractivity contribution in [3.05, 3.63) is 30.0 Å². The average Bonchev–Trinajstić information content (AvgIpc) is 2.40. The van der Waals surface area contributed by atoms with Crippen molar-refractivity contribution in [2.24, 2.45) is 7.05 Å². The van der Waals surface area contributed by atoms with Crippen LogP contribution in [0, 0.1) is 0 Å². The first-order valence-electron chi connectivity index (χ1n) is 4.81. The smallest absolute Gasteiger partial charge is 0.151 e. The summed E-state index contributed by atoms with van der Waals surface area (Å²) in [4.78, 5) is 0. The molecule has 0 radical (unpaired) electrons. The molecule has 1 heterocycles. The lowest BCUT2D eigenvalue weighted by atomic mass is 10.2. The summed E-state index contributed by atoms with van der Waals surface area (Å²) in [5.41, 5.74) is 1.63. The molecule has 0 aliphatic carbocycles. The number of nitrogens with zero attached hydrogens (tertiary/aromatic N) is 1. The molecule has 2 rings (SSSR count). The van der Waals surface area contributed by atoms with E-state index in [0.29, 0.717) is 0 Å². The Morgan fingerprint density at radius 2 is 2.06 bits per heavy atom. The van der Waals surface area contributed by atoms with Crippen LogP contribution in [0.3, 0.4) is 0 Å². The molecular weight excluding hydrogens is 226 g/mol. The second kappa shape index (κ2) is 3.52. The number of sulfone groups is 1. The average molecular weight is 239 g/mol. The summed E-state index contributed by atoms with van der Waals surface area (Å²) in [6.45, 7) is 0. The molecule has 0 aliphatic heterocycles. The van der Waals surface area contributed by atoms with Gasteiger partial charge in [0.2, 0.25) is 0 Å².